The molecule has 1 unspecified atom stereocenters. The molecular weight excluding hydrogens is 610 g/mol. The first-order chi connectivity index (χ1) is 22.0. The van der Waals surface area contributed by atoms with Crippen LogP contribution < -0.4 is 10.6 Å². The molecule has 2 heterocycles. The summed E-state index contributed by atoms with van der Waals surface area (Å²) in [5.41, 5.74) is 1.73. The maximum absolute atomic E-state index is 14.1. The van der Waals surface area contributed by atoms with Gasteiger partial charge >= 0.3 is 6.03 Å². The van der Waals surface area contributed by atoms with Crippen LogP contribution in [0.25, 0.3) is 0 Å². The van der Waals surface area contributed by atoms with E-state index in [9.17, 15) is 26.8 Å². The highest BCUT2D eigenvalue weighted by molar-refractivity contribution is 7.90. The minimum Gasteiger partial charge on any atom is -0.326 e. The van der Waals surface area contributed by atoms with Crippen molar-refractivity contribution in [1.29, 1.82) is 0 Å². The number of rotatable bonds is 10. The first-order valence-electron chi connectivity index (χ1n) is 15.9. The number of carbonyl (C=O) groups is 2. The maximum Gasteiger partial charge on any atom is 0.321 e. The van der Waals surface area contributed by atoms with E-state index < -0.39 is 27.5 Å². The summed E-state index contributed by atoms with van der Waals surface area (Å²) in [5, 5.41) is 5.41. The molecule has 46 heavy (non-hydrogen) atoms. The van der Waals surface area contributed by atoms with Crippen LogP contribution in [0, 0.1) is 23.5 Å². The minimum atomic E-state index is -3.28. The zero-order valence-corrected chi connectivity index (χ0v) is 26.9. The molecule has 2 aliphatic rings. The van der Waals surface area contributed by atoms with Gasteiger partial charge in [0.15, 0.2) is 9.84 Å². The van der Waals surface area contributed by atoms with E-state index >= 15 is 0 Å². The van der Waals surface area contributed by atoms with E-state index in [4.69, 9.17) is 0 Å². The summed E-state index contributed by atoms with van der Waals surface area (Å²) in [7, 11) is -3.28. The third kappa shape index (κ3) is 9.13. The molecule has 0 radical (unpaired) electrons. The number of nitrogens with one attached hydrogen (secondary N) is 2. The van der Waals surface area contributed by atoms with E-state index in [0.717, 1.165) is 76.2 Å². The molecule has 3 aromatic rings. The van der Waals surface area contributed by atoms with Crippen LogP contribution in [0.15, 0.2) is 77.7 Å². The molecule has 2 N–H and O–H groups in total. The number of likely N-dealkylation sites (tertiary alicyclic amines) is 2. The second kappa shape index (κ2) is 15.2. The number of hydrogen-bond acceptors (Lipinski definition) is 5. The van der Waals surface area contributed by atoms with Gasteiger partial charge in [-0.3, -0.25) is 4.79 Å². The minimum absolute atomic E-state index is 0.0595. The molecule has 0 saturated carbocycles. The lowest BCUT2D eigenvalue weighted by Gasteiger charge is -2.38. The van der Waals surface area contributed by atoms with Crippen molar-refractivity contribution in [3.05, 3.63) is 90.0 Å². The summed E-state index contributed by atoms with van der Waals surface area (Å²) in [6.07, 6.45) is 6.12. The third-order valence-electron chi connectivity index (χ3n) is 9.30. The number of amides is 3. The number of hydrogen-bond donors (Lipinski definition) is 2. The van der Waals surface area contributed by atoms with Crippen molar-refractivity contribution in [3.63, 3.8) is 0 Å². The Labute approximate surface area is 270 Å². The summed E-state index contributed by atoms with van der Waals surface area (Å²) < 4.78 is 51.0. The molecule has 8 nitrogen and oxygen atoms in total. The van der Waals surface area contributed by atoms with Crippen LogP contribution in [-0.4, -0.2) is 69.1 Å². The SMILES string of the molecule is CS(=O)(=O)c1ccc(NC(=O)CC2CCN(CCC(c3ccccc3)C3CCN(C(=O)Nc4cc(F)ccc4F)CC3)CC2)cc1. The molecule has 1 atom stereocenters. The van der Waals surface area contributed by atoms with Crippen molar-refractivity contribution in [2.75, 3.05) is 49.6 Å². The monoisotopic (exact) mass is 652 g/mol. The zero-order chi connectivity index (χ0) is 32.7. The lowest BCUT2D eigenvalue weighted by Crippen LogP contribution is -2.42. The molecule has 0 aliphatic carbocycles. The first kappa shape index (κ1) is 33.5. The number of urea groups is 1. The Morgan fingerprint density at radius 1 is 0.870 bits per heavy atom. The number of sulfone groups is 1. The second-order valence-corrected chi connectivity index (χ2v) is 14.5. The standard InChI is InChI=1S/C35H42F2N4O4S/c1-46(44,45)30-10-8-29(9-11-30)38-34(42)23-25-13-18-40(19-14-25)20-17-31(26-5-3-2-4-6-26)27-15-21-41(22-16-27)35(43)39-33-24-28(36)7-12-32(33)37/h2-12,24-25,27,31H,13-23H2,1H3,(H,38,42)(H,39,43). The van der Waals surface area contributed by atoms with Crippen molar-refractivity contribution < 1.29 is 26.8 Å². The van der Waals surface area contributed by atoms with E-state index in [1.165, 1.54) is 17.7 Å². The Hall–Kier alpha value is -3.83. The van der Waals surface area contributed by atoms with Crippen LogP contribution in [0.1, 0.15) is 50.0 Å². The normalized spacial score (nSPS) is 17.4. The summed E-state index contributed by atoms with van der Waals surface area (Å²) in [6, 6.07) is 19.4. The van der Waals surface area contributed by atoms with Gasteiger partial charge in [-0.2, -0.15) is 0 Å². The highest BCUT2D eigenvalue weighted by Crippen LogP contribution is 2.36. The van der Waals surface area contributed by atoms with Crippen LogP contribution >= 0.6 is 0 Å². The van der Waals surface area contributed by atoms with Crippen molar-refractivity contribution in [3.8, 4) is 0 Å². The van der Waals surface area contributed by atoms with E-state index in [1.807, 2.05) is 6.07 Å². The van der Waals surface area contributed by atoms with Crippen molar-refractivity contribution in [2.24, 2.45) is 11.8 Å². The zero-order valence-electron chi connectivity index (χ0n) is 26.1. The van der Waals surface area contributed by atoms with Gasteiger partial charge in [0.1, 0.15) is 11.6 Å². The predicted molar refractivity (Wildman–Crippen MR) is 175 cm³/mol. The summed E-state index contributed by atoms with van der Waals surface area (Å²) >= 11 is 0. The van der Waals surface area contributed by atoms with E-state index in [0.29, 0.717) is 43.0 Å². The third-order valence-corrected chi connectivity index (χ3v) is 10.4. The number of carbonyl (C=O) groups excluding carboxylic acids is 2. The molecule has 0 spiro atoms. The predicted octanol–water partition coefficient (Wildman–Crippen LogP) is 6.53. The highest BCUT2D eigenvalue weighted by atomic mass is 32.2. The molecule has 3 aromatic carbocycles. The van der Waals surface area contributed by atoms with E-state index in [1.54, 1.807) is 17.0 Å². The van der Waals surface area contributed by atoms with E-state index in [-0.39, 0.29) is 16.5 Å². The molecule has 2 saturated heterocycles. The van der Waals surface area contributed by atoms with Gasteiger partial charge in [0.05, 0.1) is 10.6 Å². The lowest BCUT2D eigenvalue weighted by molar-refractivity contribution is -0.117. The fourth-order valence-electron chi connectivity index (χ4n) is 6.66. The summed E-state index contributed by atoms with van der Waals surface area (Å²) in [4.78, 5) is 29.9. The highest BCUT2D eigenvalue weighted by Gasteiger charge is 2.31. The molecule has 246 valence electrons. The summed E-state index contributed by atoms with van der Waals surface area (Å²) in [5.74, 6) is -0.301. The van der Waals surface area contributed by atoms with Gasteiger partial charge < -0.3 is 20.4 Å². The van der Waals surface area contributed by atoms with Crippen LogP contribution in [0.2, 0.25) is 0 Å². The fourth-order valence-corrected chi connectivity index (χ4v) is 7.29. The van der Waals surface area contributed by atoms with Crippen molar-refractivity contribution in [1.82, 2.24) is 9.80 Å². The van der Waals surface area contributed by atoms with Crippen molar-refractivity contribution >= 4 is 33.2 Å². The molecule has 2 fully saturated rings. The lowest BCUT2D eigenvalue weighted by atomic mass is 9.78. The maximum atomic E-state index is 14.1. The molecule has 11 heteroatoms. The van der Waals surface area contributed by atoms with Gasteiger partial charge in [0.2, 0.25) is 5.91 Å². The van der Waals surface area contributed by atoms with Gasteiger partial charge in [-0.1, -0.05) is 30.3 Å². The van der Waals surface area contributed by atoms with Gasteiger partial charge in [0.25, 0.3) is 0 Å². The molecule has 3 amide bonds. The van der Waals surface area contributed by atoms with Gasteiger partial charge in [-0.05, 0) is 111 Å². The number of nitrogens with zero attached hydrogens (tertiary/aromatic N) is 2. The number of anilines is 2. The van der Waals surface area contributed by atoms with Crippen LogP contribution in [0.5, 0.6) is 0 Å². The smallest absolute Gasteiger partial charge is 0.321 e. The number of halogens is 2. The quantitative estimate of drug-likeness (QED) is 0.260. The average Bonchev–Trinajstić information content (AvgIpc) is 3.04. The van der Waals surface area contributed by atoms with Crippen LogP contribution in [0.4, 0.5) is 25.0 Å². The Bertz CT molecular complexity index is 1590. The van der Waals surface area contributed by atoms with Crippen LogP contribution in [-0.2, 0) is 14.6 Å². The largest absolute Gasteiger partial charge is 0.326 e. The van der Waals surface area contributed by atoms with Gasteiger partial charge in [0, 0.05) is 37.5 Å². The Balaban J connectivity index is 1.09. The molecule has 5 rings (SSSR count). The second-order valence-electron chi connectivity index (χ2n) is 12.5. The first-order valence-corrected chi connectivity index (χ1v) is 17.8. The topological polar surface area (TPSA) is 98.8 Å². The number of piperidine rings is 2. The number of benzene rings is 3. The Kier molecular flexibility index (Phi) is 11.1. The van der Waals surface area contributed by atoms with Crippen LogP contribution in [0.3, 0.4) is 0 Å². The molecule has 0 aromatic heterocycles. The van der Waals surface area contributed by atoms with E-state index in [2.05, 4.69) is 39.8 Å². The Morgan fingerprint density at radius 3 is 2.20 bits per heavy atom. The molecule has 0 bridgehead atoms. The van der Waals surface area contributed by atoms with Gasteiger partial charge in [-0.25, -0.2) is 22.0 Å². The average molecular weight is 653 g/mol. The van der Waals surface area contributed by atoms with Gasteiger partial charge in [-0.15, -0.1) is 0 Å². The molecular formula is C35H42F2N4O4S. The molecule has 2 aliphatic heterocycles. The fraction of sp³-hybridized carbons (Fsp3) is 0.429. The Morgan fingerprint density at radius 2 is 1.54 bits per heavy atom. The summed E-state index contributed by atoms with van der Waals surface area (Å²) in [6.45, 7) is 3.90. The van der Waals surface area contributed by atoms with Crippen molar-refractivity contribution in [2.45, 2.75) is 49.3 Å².